The minimum atomic E-state index is -0.00108. The second-order valence-electron chi connectivity index (χ2n) is 4.72. The average Bonchev–Trinajstić information content (AvgIpc) is 2.47. The minimum absolute atomic E-state index is 0.00108. The van der Waals surface area contributed by atoms with Crippen molar-refractivity contribution in [3.63, 3.8) is 0 Å². The largest absolute Gasteiger partial charge is 0.507 e. The van der Waals surface area contributed by atoms with Crippen LogP contribution in [0.2, 0.25) is 0 Å². The van der Waals surface area contributed by atoms with Gasteiger partial charge in [-0.3, -0.25) is 9.78 Å². The fourth-order valence-corrected chi connectivity index (χ4v) is 2.36. The van der Waals surface area contributed by atoms with Crippen LogP contribution in [-0.2, 0) is 0 Å². The van der Waals surface area contributed by atoms with E-state index >= 15 is 0 Å². The first-order valence-electron chi connectivity index (χ1n) is 6.34. The first-order chi connectivity index (χ1) is 9.69. The van der Waals surface area contributed by atoms with Crippen LogP contribution in [0, 0.1) is 6.92 Å². The number of phenolic OH excluding ortho intramolecular Hbond substituents is 1. The van der Waals surface area contributed by atoms with Crippen molar-refractivity contribution in [3.05, 3.63) is 59.8 Å². The number of hydrogen-bond acceptors (Lipinski definition) is 3. The summed E-state index contributed by atoms with van der Waals surface area (Å²) < 4.78 is 0. The molecule has 98 valence electrons. The Morgan fingerprint density at radius 2 is 1.90 bits per heavy atom. The molecule has 0 fully saturated rings. The fraction of sp³-hybridized carbons (Fsp3) is 0.0588. The van der Waals surface area contributed by atoms with Crippen LogP contribution in [0.5, 0.6) is 5.75 Å². The lowest BCUT2D eigenvalue weighted by Gasteiger charge is -2.09. The van der Waals surface area contributed by atoms with Crippen LogP contribution < -0.4 is 0 Å². The first-order valence-corrected chi connectivity index (χ1v) is 6.34. The summed E-state index contributed by atoms with van der Waals surface area (Å²) >= 11 is 0. The summed E-state index contributed by atoms with van der Waals surface area (Å²) in [6, 6.07) is 14.9. The molecule has 3 aromatic rings. The smallest absolute Gasteiger partial charge is 0.153 e. The van der Waals surface area contributed by atoms with Gasteiger partial charge < -0.3 is 5.11 Å². The number of aldehydes is 1. The number of carbonyl (C=O) groups excluding carboxylic acids is 1. The quantitative estimate of drug-likeness (QED) is 0.717. The molecule has 1 N–H and O–H groups in total. The number of carbonyl (C=O) groups is 1. The monoisotopic (exact) mass is 263 g/mol. The predicted molar refractivity (Wildman–Crippen MR) is 79.0 cm³/mol. The van der Waals surface area contributed by atoms with Crippen molar-refractivity contribution in [3.8, 4) is 16.9 Å². The molecule has 1 heterocycles. The summed E-state index contributed by atoms with van der Waals surface area (Å²) in [6.07, 6.45) is 0.662. The number of hydrogen-bond donors (Lipinski definition) is 1. The van der Waals surface area contributed by atoms with Gasteiger partial charge in [-0.15, -0.1) is 0 Å². The van der Waals surface area contributed by atoms with E-state index in [0.29, 0.717) is 11.8 Å². The Bertz CT molecular complexity index is 809. The van der Waals surface area contributed by atoms with Gasteiger partial charge in [0.2, 0.25) is 0 Å². The molecule has 0 aliphatic rings. The summed E-state index contributed by atoms with van der Waals surface area (Å²) in [7, 11) is 0. The molecule has 1 aromatic heterocycles. The maximum absolute atomic E-state index is 11.0. The summed E-state index contributed by atoms with van der Waals surface area (Å²) in [5.41, 5.74) is 4.03. The molecule has 0 unspecified atom stereocenters. The van der Waals surface area contributed by atoms with Gasteiger partial charge in [-0.05, 0) is 42.3 Å². The molecule has 0 aliphatic heterocycles. The molecule has 0 atom stereocenters. The predicted octanol–water partition coefficient (Wildman–Crippen LogP) is 3.73. The molecular weight excluding hydrogens is 250 g/mol. The lowest BCUT2D eigenvalue weighted by Crippen LogP contribution is -1.90. The Hall–Kier alpha value is -2.68. The van der Waals surface area contributed by atoms with E-state index in [1.807, 2.05) is 43.3 Å². The number of rotatable bonds is 2. The zero-order chi connectivity index (χ0) is 14.1. The third kappa shape index (κ3) is 2.03. The normalized spacial score (nSPS) is 10.7. The van der Waals surface area contributed by atoms with Crippen LogP contribution in [-0.4, -0.2) is 16.4 Å². The lowest BCUT2D eigenvalue weighted by atomic mass is 9.98. The highest BCUT2D eigenvalue weighted by molar-refractivity contribution is 5.96. The molecule has 3 nitrogen and oxygen atoms in total. The highest BCUT2D eigenvalue weighted by Gasteiger charge is 2.08. The molecule has 0 spiro atoms. The Kier molecular flexibility index (Phi) is 2.95. The molecule has 3 heteroatoms. The van der Waals surface area contributed by atoms with Crippen LogP contribution in [0.15, 0.2) is 48.5 Å². The van der Waals surface area contributed by atoms with E-state index in [-0.39, 0.29) is 5.75 Å². The second kappa shape index (κ2) is 4.78. The van der Waals surface area contributed by atoms with Crippen molar-refractivity contribution in [2.75, 3.05) is 0 Å². The summed E-state index contributed by atoms with van der Waals surface area (Å²) in [5.74, 6) is -0.00108. The van der Waals surface area contributed by atoms with E-state index < -0.39 is 0 Å². The summed E-state index contributed by atoms with van der Waals surface area (Å²) in [6.45, 7) is 1.94. The van der Waals surface area contributed by atoms with Gasteiger partial charge in [-0.1, -0.05) is 24.3 Å². The van der Waals surface area contributed by atoms with Gasteiger partial charge in [-0.25, -0.2) is 0 Å². The Morgan fingerprint density at radius 1 is 1.10 bits per heavy atom. The van der Waals surface area contributed by atoms with Crippen molar-refractivity contribution in [1.29, 1.82) is 0 Å². The topological polar surface area (TPSA) is 50.2 Å². The zero-order valence-corrected chi connectivity index (χ0v) is 11.0. The molecule has 0 saturated carbocycles. The molecule has 2 aromatic carbocycles. The van der Waals surface area contributed by atoms with Gasteiger partial charge in [0.1, 0.15) is 5.75 Å². The molecule has 0 saturated heterocycles. The highest BCUT2D eigenvalue weighted by atomic mass is 16.3. The SMILES string of the molecule is Cc1cc(-c2ccc(O)c(C=O)c2)c2ccccc2n1. The number of nitrogens with zero attached hydrogens (tertiary/aromatic N) is 1. The van der Waals surface area contributed by atoms with E-state index in [9.17, 15) is 9.90 Å². The number of aromatic nitrogens is 1. The molecule has 0 amide bonds. The third-order valence-corrected chi connectivity index (χ3v) is 3.31. The van der Waals surface area contributed by atoms with E-state index in [0.717, 1.165) is 27.7 Å². The Morgan fingerprint density at radius 3 is 2.70 bits per heavy atom. The van der Waals surface area contributed by atoms with E-state index in [4.69, 9.17) is 0 Å². The lowest BCUT2D eigenvalue weighted by molar-refractivity contribution is 0.112. The minimum Gasteiger partial charge on any atom is -0.507 e. The van der Waals surface area contributed by atoms with Gasteiger partial charge in [0.25, 0.3) is 0 Å². The molecular formula is C17H13NO2. The number of aryl methyl sites for hydroxylation is 1. The maximum Gasteiger partial charge on any atom is 0.153 e. The standard InChI is InChI=1S/C17H13NO2/c1-11-8-15(14-4-2-3-5-16(14)18-11)12-6-7-17(20)13(9-12)10-19/h2-10,20H,1H3. The Labute approximate surface area is 116 Å². The number of aromatic hydroxyl groups is 1. The van der Waals surface area contributed by atoms with Gasteiger partial charge in [0.15, 0.2) is 6.29 Å². The number of benzene rings is 2. The van der Waals surface area contributed by atoms with Gasteiger partial charge in [0.05, 0.1) is 11.1 Å². The number of phenols is 1. The maximum atomic E-state index is 11.0. The average molecular weight is 263 g/mol. The van der Waals surface area contributed by atoms with Crippen LogP contribution in [0.3, 0.4) is 0 Å². The molecule has 0 aliphatic carbocycles. The third-order valence-electron chi connectivity index (χ3n) is 3.31. The van der Waals surface area contributed by atoms with Gasteiger partial charge >= 0.3 is 0 Å². The van der Waals surface area contributed by atoms with Crippen LogP contribution in [0.25, 0.3) is 22.0 Å². The van der Waals surface area contributed by atoms with Crippen molar-refractivity contribution in [2.24, 2.45) is 0 Å². The van der Waals surface area contributed by atoms with E-state index in [2.05, 4.69) is 4.98 Å². The molecule has 0 bridgehead atoms. The zero-order valence-electron chi connectivity index (χ0n) is 11.0. The summed E-state index contributed by atoms with van der Waals surface area (Å²) in [4.78, 5) is 15.5. The molecule has 3 rings (SSSR count). The fourth-order valence-electron chi connectivity index (χ4n) is 2.36. The van der Waals surface area contributed by atoms with Gasteiger partial charge in [0, 0.05) is 11.1 Å². The summed E-state index contributed by atoms with van der Waals surface area (Å²) in [5, 5.41) is 10.6. The highest BCUT2D eigenvalue weighted by Crippen LogP contribution is 2.31. The number of para-hydroxylation sites is 1. The number of fused-ring (bicyclic) bond motifs is 1. The molecule has 0 radical (unpaired) electrons. The van der Waals surface area contributed by atoms with Crippen molar-refractivity contribution >= 4 is 17.2 Å². The molecule has 20 heavy (non-hydrogen) atoms. The van der Waals surface area contributed by atoms with Crippen LogP contribution >= 0.6 is 0 Å². The second-order valence-corrected chi connectivity index (χ2v) is 4.72. The Balaban J connectivity index is 2.31. The van der Waals surface area contributed by atoms with Crippen molar-refractivity contribution in [2.45, 2.75) is 6.92 Å². The van der Waals surface area contributed by atoms with Crippen LogP contribution in [0.1, 0.15) is 16.1 Å². The first kappa shape index (κ1) is 12.4. The van der Waals surface area contributed by atoms with E-state index in [1.54, 1.807) is 12.1 Å². The van der Waals surface area contributed by atoms with E-state index in [1.165, 1.54) is 0 Å². The van der Waals surface area contributed by atoms with Crippen molar-refractivity contribution < 1.29 is 9.90 Å². The van der Waals surface area contributed by atoms with Crippen LogP contribution in [0.4, 0.5) is 0 Å². The number of pyridine rings is 1. The van der Waals surface area contributed by atoms with Crippen molar-refractivity contribution in [1.82, 2.24) is 4.98 Å². The van der Waals surface area contributed by atoms with Gasteiger partial charge in [-0.2, -0.15) is 0 Å².